The summed E-state index contributed by atoms with van der Waals surface area (Å²) in [5.41, 5.74) is 1.49. The number of ether oxygens (including phenoxy) is 6. The first-order valence-electron chi connectivity index (χ1n) is 25.3. The number of aromatic nitrogens is 8. The Hall–Kier alpha value is -8.18. The van der Waals surface area contributed by atoms with E-state index in [1.165, 1.54) is 32.6 Å². The van der Waals surface area contributed by atoms with Crippen molar-refractivity contribution in [2.75, 3.05) is 44.7 Å². The van der Waals surface area contributed by atoms with E-state index in [1.54, 1.807) is 67.5 Å². The number of rotatable bonds is 20. The van der Waals surface area contributed by atoms with E-state index in [9.17, 15) is 23.7 Å². The number of imidazole rings is 2. The zero-order valence-electron chi connectivity index (χ0n) is 43.9. The summed E-state index contributed by atoms with van der Waals surface area (Å²) in [4.78, 5) is 76.4. The van der Waals surface area contributed by atoms with Gasteiger partial charge in [0.15, 0.2) is 28.1 Å². The van der Waals surface area contributed by atoms with Crippen LogP contribution in [-0.2, 0) is 47.8 Å². The fourth-order valence-electron chi connectivity index (χ4n) is 9.64. The number of fused-ring (bicyclic) bond motifs is 2. The summed E-state index contributed by atoms with van der Waals surface area (Å²) in [6.45, 7) is 5.48. The van der Waals surface area contributed by atoms with Gasteiger partial charge in [-0.15, -0.1) is 0 Å². The molecule has 7 atom stereocenters. The van der Waals surface area contributed by atoms with Gasteiger partial charge in [0.25, 0.3) is 11.5 Å². The molecule has 0 saturated carbocycles. The van der Waals surface area contributed by atoms with E-state index in [2.05, 4.69) is 40.5 Å². The van der Waals surface area contributed by atoms with Gasteiger partial charge in [0.05, 0.1) is 46.2 Å². The molecule has 2 saturated heterocycles. The van der Waals surface area contributed by atoms with Gasteiger partial charge in [-0.1, -0.05) is 86.6 Å². The Morgan fingerprint density at radius 2 is 1.30 bits per heavy atom. The highest BCUT2D eigenvalue weighted by Crippen LogP contribution is 2.51. The number of amides is 2. The van der Waals surface area contributed by atoms with E-state index in [1.807, 2.05) is 78.9 Å². The number of hydrogen-bond acceptors (Lipinski definition) is 18. The molecule has 0 radical (unpaired) electrons. The van der Waals surface area contributed by atoms with Crippen LogP contribution in [0.15, 0.2) is 133 Å². The van der Waals surface area contributed by atoms with Gasteiger partial charge in [-0.3, -0.25) is 43.2 Å². The molecule has 4 aromatic carbocycles. The fraction of sp³-hybridized carbons (Fsp3) is 0.327. The van der Waals surface area contributed by atoms with Crippen molar-refractivity contribution < 1.29 is 56.4 Å². The topological polar surface area (TPSA) is 273 Å². The van der Waals surface area contributed by atoms with E-state index in [0.29, 0.717) is 28.2 Å². The molecule has 79 heavy (non-hydrogen) atoms. The third-order valence-electron chi connectivity index (χ3n) is 13.6. The molecule has 2 aliphatic rings. The smallest absolute Gasteiger partial charge is 0.328 e. The monoisotopic (exact) mass is 1100 g/mol. The normalized spacial score (nSPS) is 20.0. The van der Waals surface area contributed by atoms with Gasteiger partial charge in [-0.05, 0) is 53.1 Å². The van der Waals surface area contributed by atoms with Crippen molar-refractivity contribution in [2.45, 2.75) is 76.1 Å². The Bertz CT molecular complexity index is 3530. The molecule has 0 spiro atoms. The average Bonchev–Trinajstić information content (AvgIpc) is 4.43. The van der Waals surface area contributed by atoms with Crippen LogP contribution in [0.3, 0.4) is 0 Å². The third-order valence-corrected chi connectivity index (χ3v) is 14.8. The molecule has 6 heterocycles. The summed E-state index contributed by atoms with van der Waals surface area (Å²) in [5.74, 6) is -0.401. The second kappa shape index (κ2) is 23.0. The maximum absolute atomic E-state index is 14.8. The number of aromatic amines is 1. The summed E-state index contributed by atoms with van der Waals surface area (Å²) < 4.78 is 68.1. The Balaban J connectivity index is 0.945. The van der Waals surface area contributed by atoms with Crippen LogP contribution in [0.5, 0.6) is 11.5 Å². The van der Waals surface area contributed by atoms with E-state index in [4.69, 9.17) is 37.5 Å². The first kappa shape index (κ1) is 54.2. The van der Waals surface area contributed by atoms with Crippen molar-refractivity contribution in [3.8, 4) is 11.5 Å². The number of nitrogens with zero attached hydrogens (tertiary/aromatic N) is 7. The maximum Gasteiger partial charge on any atom is 0.328 e. The van der Waals surface area contributed by atoms with Gasteiger partial charge in [0.1, 0.15) is 54.2 Å². The Kier molecular flexibility index (Phi) is 15.8. The molecule has 2 aliphatic heterocycles. The predicted molar refractivity (Wildman–Crippen MR) is 287 cm³/mol. The van der Waals surface area contributed by atoms with E-state index in [0.717, 1.165) is 16.7 Å². The van der Waals surface area contributed by atoms with Crippen LogP contribution in [0, 0.1) is 5.92 Å². The molecule has 24 heteroatoms. The van der Waals surface area contributed by atoms with E-state index in [-0.39, 0.29) is 54.9 Å². The summed E-state index contributed by atoms with van der Waals surface area (Å²) in [7, 11) is -0.941. The molecular formula is C55H57N10O13P. The minimum Gasteiger partial charge on any atom is -0.497 e. The van der Waals surface area contributed by atoms with Crippen LogP contribution in [-0.4, -0.2) is 115 Å². The lowest BCUT2D eigenvalue weighted by molar-refractivity contribution is -0.150. The Morgan fingerprint density at radius 3 is 1.91 bits per heavy atom. The van der Waals surface area contributed by atoms with Gasteiger partial charge in [0, 0.05) is 37.9 Å². The molecule has 2 amide bonds. The molecule has 23 nitrogen and oxygen atoms in total. The number of benzene rings is 4. The number of methoxy groups -OCH3 is 2. The average molecular weight is 1100 g/mol. The van der Waals surface area contributed by atoms with Crippen molar-refractivity contribution in [3.63, 3.8) is 0 Å². The minimum atomic E-state index is -4.11. The largest absolute Gasteiger partial charge is 0.497 e. The first-order chi connectivity index (χ1) is 38.1. The molecule has 4 aromatic heterocycles. The second-order valence-electron chi connectivity index (χ2n) is 19.2. The molecule has 0 aliphatic carbocycles. The SMILES string of the molecule is COc1ccc(C(OC[C@H]2O[C@@H](n3cnc4c(=O)[nH]c(NC(=O)C(C)C)nc43)C[C@@H]2OP(C)(=O)OC[C@H]2O[C@@H](n3cnc4c(NC(=O)c5ccccc5)ncnc43)C[C@@H]2OC(C)=O)(c2ccccc2)c2ccc(OC)cc2)cc1. The highest BCUT2D eigenvalue weighted by Gasteiger charge is 2.46. The molecule has 2 fully saturated rings. The molecule has 10 rings (SSSR count). The van der Waals surface area contributed by atoms with E-state index >= 15 is 0 Å². The lowest BCUT2D eigenvalue weighted by Crippen LogP contribution is -2.38. The summed E-state index contributed by atoms with van der Waals surface area (Å²) >= 11 is 0. The third kappa shape index (κ3) is 11.5. The van der Waals surface area contributed by atoms with Crippen LogP contribution in [0.2, 0.25) is 0 Å². The summed E-state index contributed by atoms with van der Waals surface area (Å²) in [5, 5.41) is 5.44. The fourth-order valence-corrected chi connectivity index (χ4v) is 10.8. The Morgan fingerprint density at radius 1 is 0.734 bits per heavy atom. The summed E-state index contributed by atoms with van der Waals surface area (Å²) in [6.07, 6.45) is -1.25. The quantitative estimate of drug-likeness (QED) is 0.0377. The van der Waals surface area contributed by atoms with E-state index < -0.39 is 73.4 Å². The molecule has 8 aromatic rings. The highest BCUT2D eigenvalue weighted by molar-refractivity contribution is 7.53. The number of carbonyl (C=O) groups excluding carboxylic acids is 3. The lowest BCUT2D eigenvalue weighted by atomic mass is 9.80. The molecule has 0 bridgehead atoms. The second-order valence-corrected chi connectivity index (χ2v) is 21.2. The molecule has 1 unspecified atom stereocenters. The van der Waals surface area contributed by atoms with Crippen molar-refractivity contribution in [1.82, 2.24) is 39.0 Å². The van der Waals surface area contributed by atoms with Gasteiger partial charge >= 0.3 is 13.6 Å². The zero-order chi connectivity index (χ0) is 55.4. The van der Waals surface area contributed by atoms with Crippen molar-refractivity contribution in [3.05, 3.63) is 161 Å². The van der Waals surface area contributed by atoms with Crippen LogP contribution < -0.4 is 25.7 Å². The number of nitrogens with one attached hydrogen (secondary N) is 3. The van der Waals surface area contributed by atoms with Crippen LogP contribution >= 0.6 is 7.60 Å². The first-order valence-corrected chi connectivity index (χ1v) is 27.3. The van der Waals surface area contributed by atoms with Crippen molar-refractivity contribution in [1.29, 1.82) is 0 Å². The number of esters is 1. The van der Waals surface area contributed by atoms with Gasteiger partial charge < -0.3 is 42.8 Å². The minimum absolute atomic E-state index is 0.0153. The van der Waals surface area contributed by atoms with Crippen LogP contribution in [0.1, 0.15) is 73.1 Å². The molecular weight excluding hydrogens is 1040 g/mol. The van der Waals surface area contributed by atoms with Crippen LogP contribution in [0.4, 0.5) is 11.8 Å². The van der Waals surface area contributed by atoms with Gasteiger partial charge in [-0.25, -0.2) is 19.9 Å². The standard InChI is InChI=1S/C55H57N10O13P/c1-32(2)51(67)62-54-61-50-47(53(69)63-54)59-31-65(50)45-26-41(42(76-45)27-73-55(35-15-11-8-12-16-35,36-17-21-38(71-4)22-18-36)37-19-23-39(72-5)24-20-37)78-79(6,70)74-28-43-40(75-33(3)66)25-44(77-43)64-30-58-46-48(56-29-57-49(46)64)60-52(68)34-13-9-7-10-14-34/h7-24,29-32,40-45H,25-28H2,1-6H3,(H,56,57,60,68)(H2,61,62,63,67,69)/t40-,41-,42+,43+,44+,45+,79?/m0/s1. The number of H-pyrrole nitrogens is 1. The zero-order valence-corrected chi connectivity index (χ0v) is 44.8. The molecule has 3 N–H and O–H groups in total. The lowest BCUT2D eigenvalue weighted by Gasteiger charge is -2.37. The molecule has 410 valence electrons. The predicted octanol–water partition coefficient (Wildman–Crippen LogP) is 7.56. The number of hydrogen-bond donors (Lipinski definition) is 3. The Labute approximate surface area is 452 Å². The van der Waals surface area contributed by atoms with Gasteiger partial charge in [0.2, 0.25) is 11.9 Å². The van der Waals surface area contributed by atoms with Crippen molar-refractivity contribution >= 4 is 59.5 Å². The number of anilines is 2. The highest BCUT2D eigenvalue weighted by atomic mass is 31.2. The van der Waals surface area contributed by atoms with Crippen LogP contribution in [0.25, 0.3) is 22.3 Å². The summed E-state index contributed by atoms with van der Waals surface area (Å²) in [6, 6.07) is 33.3. The van der Waals surface area contributed by atoms with Gasteiger partial charge in [-0.2, -0.15) is 4.98 Å². The number of carbonyl (C=O) groups is 3. The maximum atomic E-state index is 14.8. The van der Waals surface area contributed by atoms with Crippen molar-refractivity contribution in [2.24, 2.45) is 5.92 Å².